The van der Waals surface area contributed by atoms with Gasteiger partial charge in [-0.2, -0.15) is 0 Å². The van der Waals surface area contributed by atoms with Crippen LogP contribution in [0.3, 0.4) is 0 Å². The van der Waals surface area contributed by atoms with E-state index in [1.165, 1.54) is 0 Å². The summed E-state index contributed by atoms with van der Waals surface area (Å²) in [5, 5.41) is 15.1. The first kappa shape index (κ1) is 9.06. The minimum absolute atomic E-state index is 0.0665. The third-order valence-corrected chi connectivity index (χ3v) is 2.00. The smallest absolute Gasteiger partial charge is 0.256 e. The number of hydrogen-bond donors (Lipinski definition) is 1. The van der Waals surface area contributed by atoms with Crippen molar-refractivity contribution in [2.24, 2.45) is 0 Å². The lowest BCUT2D eigenvalue weighted by Crippen LogP contribution is -2.29. The molecule has 0 aromatic carbocycles. The van der Waals surface area contributed by atoms with E-state index in [2.05, 4.69) is 5.32 Å². The van der Waals surface area contributed by atoms with Crippen molar-refractivity contribution in [1.82, 2.24) is 5.32 Å². The summed E-state index contributed by atoms with van der Waals surface area (Å²) >= 11 is 1.04. The number of thiophene rings is 1. The van der Waals surface area contributed by atoms with E-state index >= 15 is 0 Å². The Labute approximate surface area is 75.0 Å². The quantitative estimate of drug-likeness (QED) is 0.751. The monoisotopic (exact) mass is 184 g/mol. The molecule has 0 saturated heterocycles. The SMILES string of the molecule is CC(C)NC(=O)c1ccsc1[O]. The molecule has 0 aliphatic carbocycles. The van der Waals surface area contributed by atoms with Crippen molar-refractivity contribution in [2.75, 3.05) is 0 Å². The molecule has 3 nitrogen and oxygen atoms in total. The maximum absolute atomic E-state index is 11.2. The Morgan fingerprint density at radius 2 is 2.25 bits per heavy atom. The first-order valence-corrected chi connectivity index (χ1v) is 4.54. The largest absolute Gasteiger partial charge is 0.350 e. The van der Waals surface area contributed by atoms with Crippen LogP contribution in [0.1, 0.15) is 24.2 Å². The normalized spacial score (nSPS) is 10.2. The van der Waals surface area contributed by atoms with Gasteiger partial charge in [0, 0.05) is 6.04 Å². The summed E-state index contributed by atoms with van der Waals surface area (Å²) in [4.78, 5) is 11.2. The average Bonchev–Trinajstić information content (AvgIpc) is 2.33. The van der Waals surface area contributed by atoms with E-state index in [4.69, 9.17) is 0 Å². The standard InChI is InChI=1S/C8H10NO2S/c1-5(2)9-7(10)6-3-4-12-8(6)11/h3-5H,1-2H3,(H,9,10). The Morgan fingerprint density at radius 1 is 1.58 bits per heavy atom. The van der Waals surface area contributed by atoms with Gasteiger partial charge in [0.1, 0.15) is 0 Å². The molecule has 65 valence electrons. The fourth-order valence-electron chi connectivity index (χ4n) is 0.804. The summed E-state index contributed by atoms with van der Waals surface area (Å²) in [6.07, 6.45) is 0. The van der Waals surface area contributed by atoms with E-state index in [1.54, 1.807) is 11.4 Å². The summed E-state index contributed by atoms with van der Waals surface area (Å²) < 4.78 is 0. The van der Waals surface area contributed by atoms with Gasteiger partial charge >= 0.3 is 0 Å². The maximum Gasteiger partial charge on any atom is 0.256 e. The fraction of sp³-hybridized carbons (Fsp3) is 0.375. The summed E-state index contributed by atoms with van der Waals surface area (Å²) in [5.41, 5.74) is 0.244. The third kappa shape index (κ3) is 1.98. The van der Waals surface area contributed by atoms with Crippen molar-refractivity contribution in [3.05, 3.63) is 17.0 Å². The molecular weight excluding hydrogens is 174 g/mol. The predicted octanol–water partition coefficient (Wildman–Crippen LogP) is 2.03. The summed E-state index contributed by atoms with van der Waals surface area (Å²) in [5.74, 6) is -0.281. The maximum atomic E-state index is 11.2. The molecule has 1 rings (SSSR count). The van der Waals surface area contributed by atoms with E-state index < -0.39 is 0 Å². The van der Waals surface area contributed by atoms with Gasteiger partial charge in [-0.15, -0.1) is 11.3 Å². The van der Waals surface area contributed by atoms with Crippen molar-refractivity contribution in [2.45, 2.75) is 19.9 Å². The summed E-state index contributed by atoms with van der Waals surface area (Å²) in [6.45, 7) is 3.71. The van der Waals surface area contributed by atoms with E-state index in [1.807, 2.05) is 13.8 Å². The third-order valence-electron chi connectivity index (χ3n) is 1.29. The van der Waals surface area contributed by atoms with Crippen LogP contribution in [0.5, 0.6) is 5.06 Å². The van der Waals surface area contributed by atoms with Crippen LogP contribution >= 0.6 is 11.3 Å². The molecular formula is C8H10NO2S. The topological polar surface area (TPSA) is 49.0 Å². The van der Waals surface area contributed by atoms with Crippen LogP contribution in [0.15, 0.2) is 11.4 Å². The highest BCUT2D eigenvalue weighted by molar-refractivity contribution is 7.12. The molecule has 0 fully saturated rings. The number of nitrogens with one attached hydrogen (secondary N) is 1. The van der Waals surface area contributed by atoms with Gasteiger partial charge in [0.05, 0.1) is 5.56 Å². The average molecular weight is 184 g/mol. The van der Waals surface area contributed by atoms with Gasteiger partial charge in [-0.25, -0.2) is 0 Å². The molecule has 0 atom stereocenters. The second kappa shape index (κ2) is 3.58. The van der Waals surface area contributed by atoms with Crippen molar-refractivity contribution in [1.29, 1.82) is 0 Å². The first-order chi connectivity index (χ1) is 5.61. The zero-order valence-corrected chi connectivity index (χ0v) is 7.77. The number of hydrogen-bond acceptors (Lipinski definition) is 2. The molecule has 0 unspecified atom stereocenters. The summed E-state index contributed by atoms with van der Waals surface area (Å²) in [6, 6.07) is 1.61. The molecule has 0 spiro atoms. The van der Waals surface area contributed by atoms with Gasteiger partial charge < -0.3 is 5.32 Å². The molecule has 0 aliphatic rings. The highest BCUT2D eigenvalue weighted by Gasteiger charge is 2.13. The van der Waals surface area contributed by atoms with Crippen LogP contribution in [0.4, 0.5) is 0 Å². The zero-order chi connectivity index (χ0) is 9.14. The van der Waals surface area contributed by atoms with Gasteiger partial charge in [-0.05, 0) is 25.3 Å². The number of amides is 1. The van der Waals surface area contributed by atoms with Crippen LogP contribution < -0.4 is 5.32 Å². The van der Waals surface area contributed by atoms with Gasteiger partial charge in [-0.1, -0.05) is 0 Å². The molecule has 1 aromatic heterocycles. The lowest BCUT2D eigenvalue weighted by atomic mass is 10.3. The minimum atomic E-state index is -0.281. The Balaban J connectivity index is 2.72. The molecule has 1 heterocycles. The van der Waals surface area contributed by atoms with Crippen LogP contribution in [-0.4, -0.2) is 11.9 Å². The van der Waals surface area contributed by atoms with Gasteiger partial charge in [0.2, 0.25) is 5.06 Å². The van der Waals surface area contributed by atoms with Crippen molar-refractivity contribution in [3.63, 3.8) is 0 Å². The second-order valence-electron chi connectivity index (χ2n) is 2.75. The van der Waals surface area contributed by atoms with Crippen LogP contribution in [0, 0.1) is 0 Å². The van der Waals surface area contributed by atoms with E-state index in [0.717, 1.165) is 11.3 Å². The number of carbonyl (C=O) groups excluding carboxylic acids is 1. The highest BCUT2D eigenvalue weighted by atomic mass is 32.1. The predicted molar refractivity (Wildman–Crippen MR) is 47.1 cm³/mol. The molecule has 0 bridgehead atoms. The Bertz CT molecular complexity index is 280. The van der Waals surface area contributed by atoms with E-state index in [-0.39, 0.29) is 22.6 Å². The first-order valence-electron chi connectivity index (χ1n) is 3.66. The molecule has 12 heavy (non-hydrogen) atoms. The van der Waals surface area contributed by atoms with Crippen LogP contribution in [0.25, 0.3) is 0 Å². The fourth-order valence-corrected chi connectivity index (χ4v) is 1.42. The highest BCUT2D eigenvalue weighted by Crippen LogP contribution is 2.24. The van der Waals surface area contributed by atoms with Crippen molar-refractivity contribution >= 4 is 17.2 Å². The number of carbonyl (C=O) groups is 1. The lowest BCUT2D eigenvalue weighted by molar-refractivity contribution is 0.0940. The minimum Gasteiger partial charge on any atom is -0.350 e. The van der Waals surface area contributed by atoms with Gasteiger partial charge in [0.25, 0.3) is 5.91 Å². The molecule has 1 amide bonds. The lowest BCUT2D eigenvalue weighted by Gasteiger charge is -2.05. The van der Waals surface area contributed by atoms with Crippen molar-refractivity contribution in [3.8, 4) is 5.06 Å². The molecule has 1 N–H and O–H groups in total. The molecule has 0 saturated carbocycles. The molecule has 4 heteroatoms. The van der Waals surface area contributed by atoms with Crippen LogP contribution in [-0.2, 0) is 5.11 Å². The number of rotatable bonds is 2. The zero-order valence-electron chi connectivity index (χ0n) is 6.96. The van der Waals surface area contributed by atoms with E-state index in [0.29, 0.717) is 0 Å². The second-order valence-corrected chi connectivity index (χ2v) is 3.63. The Kier molecular flexibility index (Phi) is 2.70. The van der Waals surface area contributed by atoms with Crippen LogP contribution in [0.2, 0.25) is 0 Å². The van der Waals surface area contributed by atoms with E-state index in [9.17, 15) is 9.90 Å². The summed E-state index contributed by atoms with van der Waals surface area (Å²) in [7, 11) is 0. The molecule has 0 aliphatic heterocycles. The van der Waals surface area contributed by atoms with Gasteiger partial charge in [0.15, 0.2) is 0 Å². The molecule has 1 radical (unpaired) electrons. The van der Waals surface area contributed by atoms with Crippen molar-refractivity contribution < 1.29 is 9.90 Å². The molecule has 1 aromatic rings. The Hall–Kier alpha value is -1.03. The van der Waals surface area contributed by atoms with Gasteiger partial charge in [-0.3, -0.25) is 9.90 Å². The Morgan fingerprint density at radius 3 is 2.67 bits per heavy atom.